The number of H-pyrrole nitrogens is 2. The second-order valence-electron chi connectivity index (χ2n) is 3.73. The summed E-state index contributed by atoms with van der Waals surface area (Å²) in [5.74, 6) is 0.699. The molecule has 1 unspecified atom stereocenters. The number of aliphatic imine (C=N–C) groups is 1. The van der Waals surface area contributed by atoms with E-state index in [-0.39, 0.29) is 17.3 Å². The molecule has 0 radical (unpaired) electrons. The van der Waals surface area contributed by atoms with E-state index in [1.54, 1.807) is 0 Å². The fourth-order valence-electron chi connectivity index (χ4n) is 2.16. The summed E-state index contributed by atoms with van der Waals surface area (Å²) in [4.78, 5) is 27.0. The SMILES string of the molecule is O=C1CCC2=Nc3[nH][nH]c(=O)c3CC12. The molecule has 0 bridgehead atoms. The van der Waals surface area contributed by atoms with Crippen LogP contribution in [0.3, 0.4) is 0 Å². The van der Waals surface area contributed by atoms with Gasteiger partial charge in [0.1, 0.15) is 5.78 Å². The van der Waals surface area contributed by atoms with Crippen molar-refractivity contribution in [3.63, 3.8) is 0 Å². The van der Waals surface area contributed by atoms with Crippen LogP contribution in [0.25, 0.3) is 0 Å². The van der Waals surface area contributed by atoms with Crippen LogP contribution >= 0.6 is 0 Å². The van der Waals surface area contributed by atoms with E-state index >= 15 is 0 Å². The first kappa shape index (κ1) is 7.73. The molecule has 3 rings (SSSR count). The van der Waals surface area contributed by atoms with Crippen LogP contribution in [0.15, 0.2) is 9.79 Å². The van der Waals surface area contributed by atoms with E-state index < -0.39 is 0 Å². The van der Waals surface area contributed by atoms with Gasteiger partial charge in [-0.3, -0.25) is 19.8 Å². The van der Waals surface area contributed by atoms with Crippen molar-refractivity contribution < 1.29 is 4.79 Å². The van der Waals surface area contributed by atoms with Gasteiger partial charge in [0, 0.05) is 12.1 Å². The van der Waals surface area contributed by atoms with E-state index in [9.17, 15) is 9.59 Å². The number of aromatic nitrogens is 2. The van der Waals surface area contributed by atoms with Gasteiger partial charge in [-0.25, -0.2) is 4.99 Å². The fraction of sp³-hybridized carbons (Fsp3) is 0.444. The number of ketones is 1. The number of Topliss-reactive ketones (excluding diaryl/α,β-unsaturated/α-hetero) is 1. The average Bonchev–Trinajstić information content (AvgIpc) is 2.71. The van der Waals surface area contributed by atoms with E-state index in [0.717, 1.165) is 12.1 Å². The molecule has 0 spiro atoms. The quantitative estimate of drug-likeness (QED) is 0.619. The molecule has 14 heavy (non-hydrogen) atoms. The maximum Gasteiger partial charge on any atom is 0.269 e. The molecule has 5 heteroatoms. The average molecular weight is 191 g/mol. The first-order valence-corrected chi connectivity index (χ1v) is 4.65. The van der Waals surface area contributed by atoms with Crippen LogP contribution < -0.4 is 5.56 Å². The van der Waals surface area contributed by atoms with Gasteiger partial charge in [0.25, 0.3) is 5.56 Å². The number of hydrogen-bond acceptors (Lipinski definition) is 3. The predicted molar refractivity (Wildman–Crippen MR) is 49.9 cm³/mol. The monoisotopic (exact) mass is 191 g/mol. The molecule has 0 saturated heterocycles. The zero-order chi connectivity index (χ0) is 9.71. The van der Waals surface area contributed by atoms with Crippen LogP contribution in [-0.4, -0.2) is 21.7 Å². The Morgan fingerprint density at radius 2 is 2.07 bits per heavy atom. The number of nitrogens with one attached hydrogen (secondary N) is 2. The van der Waals surface area contributed by atoms with Gasteiger partial charge >= 0.3 is 0 Å². The van der Waals surface area contributed by atoms with E-state index in [2.05, 4.69) is 15.2 Å². The third-order valence-electron chi connectivity index (χ3n) is 2.94. The van der Waals surface area contributed by atoms with E-state index in [1.165, 1.54) is 0 Å². The minimum absolute atomic E-state index is 0.126. The van der Waals surface area contributed by atoms with E-state index in [4.69, 9.17) is 0 Å². The zero-order valence-corrected chi connectivity index (χ0v) is 7.46. The second kappa shape index (κ2) is 2.43. The van der Waals surface area contributed by atoms with Gasteiger partial charge in [-0.1, -0.05) is 0 Å². The predicted octanol–water partition coefficient (Wildman–Crippen LogP) is 0.311. The Hall–Kier alpha value is -1.65. The Bertz CT molecular complexity index is 494. The Balaban J connectivity index is 2.16. The van der Waals surface area contributed by atoms with Crippen molar-refractivity contribution in [1.29, 1.82) is 0 Å². The Morgan fingerprint density at radius 3 is 2.93 bits per heavy atom. The highest BCUT2D eigenvalue weighted by Gasteiger charge is 2.35. The summed E-state index contributed by atoms with van der Waals surface area (Å²) in [5.41, 5.74) is 1.40. The second-order valence-corrected chi connectivity index (χ2v) is 3.73. The zero-order valence-electron chi connectivity index (χ0n) is 7.46. The lowest BCUT2D eigenvalue weighted by Gasteiger charge is -2.13. The molecule has 0 amide bonds. The smallest absolute Gasteiger partial charge is 0.269 e. The molecule has 2 N–H and O–H groups in total. The number of carbonyl (C=O) groups is 1. The molecule has 1 aliphatic carbocycles. The van der Waals surface area contributed by atoms with Gasteiger partial charge in [0.05, 0.1) is 11.5 Å². The maximum atomic E-state index is 11.4. The van der Waals surface area contributed by atoms with E-state index in [0.29, 0.717) is 24.2 Å². The molecule has 1 atom stereocenters. The summed E-state index contributed by atoms with van der Waals surface area (Å²) in [5, 5.41) is 5.20. The minimum Gasteiger partial charge on any atom is -0.299 e. The molecule has 2 aliphatic rings. The maximum absolute atomic E-state index is 11.4. The Labute approximate surface area is 79.2 Å². The molecule has 1 saturated carbocycles. The van der Waals surface area contributed by atoms with Crippen LogP contribution in [0, 0.1) is 5.92 Å². The summed E-state index contributed by atoms with van der Waals surface area (Å²) in [6.07, 6.45) is 1.84. The normalized spacial score (nSPS) is 24.4. The first-order valence-electron chi connectivity index (χ1n) is 4.65. The molecule has 0 aromatic carbocycles. The number of nitrogens with zero attached hydrogens (tertiary/aromatic N) is 1. The lowest BCUT2D eigenvalue weighted by atomic mass is 9.95. The van der Waals surface area contributed by atoms with Gasteiger partial charge in [0.15, 0.2) is 5.82 Å². The highest BCUT2D eigenvalue weighted by Crippen LogP contribution is 2.31. The minimum atomic E-state index is -0.150. The number of fused-ring (bicyclic) bond motifs is 2. The number of rotatable bonds is 0. The molecule has 1 aromatic heterocycles. The van der Waals surface area contributed by atoms with Gasteiger partial charge in [-0.2, -0.15) is 0 Å². The third kappa shape index (κ3) is 0.865. The molecule has 72 valence electrons. The van der Waals surface area contributed by atoms with Gasteiger partial charge in [-0.15, -0.1) is 0 Å². The number of carbonyl (C=O) groups excluding carboxylic acids is 1. The Kier molecular flexibility index (Phi) is 1.34. The largest absolute Gasteiger partial charge is 0.299 e. The molecule has 1 fully saturated rings. The van der Waals surface area contributed by atoms with Crippen molar-refractivity contribution >= 4 is 17.3 Å². The summed E-state index contributed by atoms with van der Waals surface area (Å²) in [6, 6.07) is 0. The van der Waals surface area contributed by atoms with Crippen LogP contribution in [0.5, 0.6) is 0 Å². The number of hydrogen-bond donors (Lipinski definition) is 2. The molecule has 5 nitrogen and oxygen atoms in total. The topological polar surface area (TPSA) is 78.1 Å². The van der Waals surface area contributed by atoms with Crippen LogP contribution in [0.1, 0.15) is 18.4 Å². The summed E-state index contributed by atoms with van der Waals surface area (Å²) in [6.45, 7) is 0. The highest BCUT2D eigenvalue weighted by atomic mass is 16.1. The summed E-state index contributed by atoms with van der Waals surface area (Å²) >= 11 is 0. The van der Waals surface area contributed by atoms with Crippen LogP contribution in [-0.2, 0) is 11.2 Å². The van der Waals surface area contributed by atoms with Crippen molar-refractivity contribution in [2.24, 2.45) is 10.9 Å². The molecule has 1 aliphatic heterocycles. The highest BCUT2D eigenvalue weighted by molar-refractivity contribution is 6.12. The molecule has 2 heterocycles. The van der Waals surface area contributed by atoms with Gasteiger partial charge in [0.2, 0.25) is 0 Å². The first-order chi connectivity index (χ1) is 6.75. The molecular weight excluding hydrogens is 182 g/mol. The fourth-order valence-corrected chi connectivity index (χ4v) is 2.16. The van der Waals surface area contributed by atoms with Crippen molar-refractivity contribution in [3.05, 3.63) is 15.9 Å². The lowest BCUT2D eigenvalue weighted by Crippen LogP contribution is -2.23. The van der Waals surface area contributed by atoms with Crippen molar-refractivity contribution in [2.45, 2.75) is 19.3 Å². The molecular formula is C9H9N3O2. The van der Waals surface area contributed by atoms with Gasteiger partial charge in [-0.05, 0) is 12.8 Å². The summed E-state index contributed by atoms with van der Waals surface area (Å²) in [7, 11) is 0. The molecule has 1 aromatic rings. The Morgan fingerprint density at radius 1 is 1.21 bits per heavy atom. The van der Waals surface area contributed by atoms with Crippen LogP contribution in [0.4, 0.5) is 5.82 Å². The van der Waals surface area contributed by atoms with Crippen molar-refractivity contribution in [1.82, 2.24) is 10.2 Å². The lowest BCUT2D eigenvalue weighted by molar-refractivity contribution is -0.119. The van der Waals surface area contributed by atoms with Crippen molar-refractivity contribution in [2.75, 3.05) is 0 Å². The third-order valence-corrected chi connectivity index (χ3v) is 2.94. The van der Waals surface area contributed by atoms with Gasteiger partial charge < -0.3 is 0 Å². The van der Waals surface area contributed by atoms with Crippen molar-refractivity contribution in [3.8, 4) is 0 Å². The number of aromatic amines is 2. The van der Waals surface area contributed by atoms with E-state index in [1.807, 2.05) is 0 Å². The standard InChI is InChI=1S/C9H9N3O2/c13-7-2-1-6-4(7)3-5-8(10-6)11-12-9(5)14/h4H,1-3H2,(H2,11,12,14). The van der Waals surface area contributed by atoms with Crippen LogP contribution in [0.2, 0.25) is 0 Å². The summed E-state index contributed by atoms with van der Waals surface area (Å²) < 4.78 is 0.